The molecule has 0 saturated heterocycles. The molecule has 0 fully saturated rings. The van der Waals surface area contributed by atoms with Crippen LogP contribution in [0.15, 0.2) is 48.5 Å². The second kappa shape index (κ2) is 6.39. The molecule has 0 atom stereocenters. The maximum absolute atomic E-state index is 12.5. The Hall–Kier alpha value is -2.39. The number of pyridine rings is 1. The van der Waals surface area contributed by atoms with Crippen LogP contribution in [0.4, 0.5) is 0 Å². The number of nitrogens with zero attached hydrogens (tertiary/aromatic N) is 1. The lowest BCUT2D eigenvalue weighted by molar-refractivity contribution is 0.0471. The van der Waals surface area contributed by atoms with Crippen LogP contribution in [0.2, 0.25) is 5.02 Å². The van der Waals surface area contributed by atoms with E-state index in [-0.39, 0.29) is 12.6 Å². The fourth-order valence-corrected chi connectivity index (χ4v) is 2.85. The van der Waals surface area contributed by atoms with Gasteiger partial charge in [0, 0.05) is 16.0 Å². The standard InChI is InChI=1S/C19H16ClNO2/c1-12-15-8-4-6-10-17(15)21-13(2)18(12)19(22)23-11-14-7-3-5-9-16(14)20/h3-10H,11H2,1-2H3. The monoisotopic (exact) mass is 325 g/mol. The molecule has 2 aromatic carbocycles. The van der Waals surface area contributed by atoms with Crippen LogP contribution >= 0.6 is 11.6 Å². The zero-order valence-electron chi connectivity index (χ0n) is 13.0. The zero-order valence-corrected chi connectivity index (χ0v) is 13.7. The van der Waals surface area contributed by atoms with Crippen LogP contribution in [0.5, 0.6) is 0 Å². The molecule has 116 valence electrons. The van der Waals surface area contributed by atoms with Gasteiger partial charge in [0.15, 0.2) is 0 Å². The second-order valence-electron chi connectivity index (χ2n) is 5.38. The molecule has 3 nitrogen and oxygen atoms in total. The van der Waals surface area contributed by atoms with Gasteiger partial charge in [-0.3, -0.25) is 4.98 Å². The average molecular weight is 326 g/mol. The summed E-state index contributed by atoms with van der Waals surface area (Å²) in [5.74, 6) is -0.377. The number of carbonyl (C=O) groups excluding carboxylic acids is 1. The predicted molar refractivity (Wildman–Crippen MR) is 91.8 cm³/mol. The van der Waals surface area contributed by atoms with Crippen LogP contribution in [0, 0.1) is 13.8 Å². The maximum Gasteiger partial charge on any atom is 0.340 e. The van der Waals surface area contributed by atoms with Crippen LogP contribution in [0.25, 0.3) is 10.9 Å². The SMILES string of the molecule is Cc1nc2ccccc2c(C)c1C(=O)OCc1ccccc1Cl. The van der Waals surface area contributed by atoms with Crippen molar-refractivity contribution in [3.05, 3.63) is 75.9 Å². The number of hydrogen-bond donors (Lipinski definition) is 0. The Morgan fingerprint density at radius 2 is 1.78 bits per heavy atom. The number of para-hydroxylation sites is 1. The summed E-state index contributed by atoms with van der Waals surface area (Å²) in [5, 5.41) is 1.55. The lowest BCUT2D eigenvalue weighted by Gasteiger charge is -2.12. The third-order valence-corrected chi connectivity index (χ3v) is 4.22. The summed E-state index contributed by atoms with van der Waals surface area (Å²) in [7, 11) is 0. The average Bonchev–Trinajstić information content (AvgIpc) is 2.54. The van der Waals surface area contributed by atoms with Gasteiger partial charge in [0.25, 0.3) is 0 Å². The zero-order chi connectivity index (χ0) is 16.4. The summed E-state index contributed by atoms with van der Waals surface area (Å²) in [6, 6.07) is 15.1. The normalized spacial score (nSPS) is 10.7. The smallest absolute Gasteiger partial charge is 0.340 e. The van der Waals surface area contributed by atoms with Crippen LogP contribution in [-0.4, -0.2) is 11.0 Å². The van der Waals surface area contributed by atoms with Crippen molar-refractivity contribution in [2.24, 2.45) is 0 Å². The lowest BCUT2D eigenvalue weighted by atomic mass is 10.0. The van der Waals surface area contributed by atoms with Crippen molar-refractivity contribution < 1.29 is 9.53 Å². The van der Waals surface area contributed by atoms with Gasteiger partial charge in [0.05, 0.1) is 16.8 Å². The first-order valence-corrected chi connectivity index (χ1v) is 7.72. The summed E-state index contributed by atoms with van der Waals surface area (Å²) in [4.78, 5) is 17.0. The Morgan fingerprint density at radius 1 is 1.09 bits per heavy atom. The summed E-state index contributed by atoms with van der Waals surface area (Å²) >= 11 is 6.09. The molecule has 3 rings (SSSR count). The number of hydrogen-bond acceptors (Lipinski definition) is 3. The molecule has 0 radical (unpaired) electrons. The number of halogens is 1. The number of rotatable bonds is 3. The minimum Gasteiger partial charge on any atom is -0.457 e. The van der Waals surface area contributed by atoms with E-state index in [9.17, 15) is 4.79 Å². The Bertz CT molecular complexity index is 890. The molecule has 0 aliphatic carbocycles. The number of fused-ring (bicyclic) bond motifs is 1. The van der Waals surface area contributed by atoms with Gasteiger partial charge in [-0.15, -0.1) is 0 Å². The van der Waals surface area contributed by atoms with E-state index in [4.69, 9.17) is 16.3 Å². The molecule has 0 unspecified atom stereocenters. The van der Waals surface area contributed by atoms with Crippen LogP contribution < -0.4 is 0 Å². The molecule has 0 bridgehead atoms. The summed E-state index contributed by atoms with van der Waals surface area (Å²) in [6.07, 6.45) is 0. The van der Waals surface area contributed by atoms with Gasteiger partial charge in [-0.05, 0) is 31.5 Å². The summed E-state index contributed by atoms with van der Waals surface area (Å²) in [5.41, 5.74) is 3.75. The topological polar surface area (TPSA) is 39.2 Å². The van der Waals surface area contributed by atoms with Crippen molar-refractivity contribution in [3.63, 3.8) is 0 Å². The van der Waals surface area contributed by atoms with Crippen molar-refractivity contribution in [1.29, 1.82) is 0 Å². The number of esters is 1. The largest absolute Gasteiger partial charge is 0.457 e. The molecule has 1 heterocycles. The molecule has 3 aromatic rings. The second-order valence-corrected chi connectivity index (χ2v) is 5.79. The Kier molecular flexibility index (Phi) is 4.30. The molecule has 0 amide bonds. The molecular formula is C19H16ClNO2. The molecule has 0 aliphatic rings. The first-order chi connectivity index (χ1) is 11.1. The van der Waals surface area contributed by atoms with Crippen LogP contribution in [-0.2, 0) is 11.3 Å². The van der Waals surface area contributed by atoms with Gasteiger partial charge in [0.2, 0.25) is 0 Å². The molecule has 4 heteroatoms. The van der Waals surface area contributed by atoms with E-state index in [1.807, 2.05) is 56.3 Å². The van der Waals surface area contributed by atoms with E-state index in [0.717, 1.165) is 22.0 Å². The highest BCUT2D eigenvalue weighted by molar-refractivity contribution is 6.31. The van der Waals surface area contributed by atoms with E-state index in [1.54, 1.807) is 6.07 Å². The van der Waals surface area contributed by atoms with Crippen molar-refractivity contribution in [1.82, 2.24) is 4.98 Å². The highest BCUT2D eigenvalue weighted by atomic mass is 35.5. The Morgan fingerprint density at radius 3 is 2.57 bits per heavy atom. The van der Waals surface area contributed by atoms with Crippen LogP contribution in [0.1, 0.15) is 27.2 Å². The lowest BCUT2D eigenvalue weighted by Crippen LogP contribution is -2.11. The number of aromatic nitrogens is 1. The highest BCUT2D eigenvalue weighted by Gasteiger charge is 2.18. The first kappa shape index (κ1) is 15.5. The van der Waals surface area contributed by atoms with E-state index < -0.39 is 0 Å². The quantitative estimate of drug-likeness (QED) is 0.645. The van der Waals surface area contributed by atoms with E-state index in [2.05, 4.69) is 4.98 Å². The number of aryl methyl sites for hydroxylation is 2. The fraction of sp³-hybridized carbons (Fsp3) is 0.158. The van der Waals surface area contributed by atoms with E-state index >= 15 is 0 Å². The van der Waals surface area contributed by atoms with Crippen molar-refractivity contribution in [3.8, 4) is 0 Å². The van der Waals surface area contributed by atoms with Gasteiger partial charge in [-0.2, -0.15) is 0 Å². The van der Waals surface area contributed by atoms with Crippen molar-refractivity contribution in [2.75, 3.05) is 0 Å². The molecule has 0 aliphatic heterocycles. The van der Waals surface area contributed by atoms with Gasteiger partial charge < -0.3 is 4.74 Å². The number of benzene rings is 2. The number of ether oxygens (including phenoxy) is 1. The summed E-state index contributed by atoms with van der Waals surface area (Å²) < 4.78 is 5.44. The van der Waals surface area contributed by atoms with Crippen molar-refractivity contribution >= 4 is 28.5 Å². The highest BCUT2D eigenvalue weighted by Crippen LogP contribution is 2.24. The van der Waals surface area contributed by atoms with Gasteiger partial charge in [-0.25, -0.2) is 4.79 Å². The molecular weight excluding hydrogens is 310 g/mol. The Labute approximate surface area is 139 Å². The third-order valence-electron chi connectivity index (χ3n) is 3.85. The molecule has 23 heavy (non-hydrogen) atoms. The molecule has 0 saturated carbocycles. The number of carbonyl (C=O) groups is 1. The van der Waals surface area contributed by atoms with Crippen LogP contribution in [0.3, 0.4) is 0 Å². The summed E-state index contributed by atoms with van der Waals surface area (Å²) in [6.45, 7) is 3.89. The fourth-order valence-electron chi connectivity index (χ4n) is 2.66. The molecule has 1 aromatic heterocycles. The minimum absolute atomic E-state index is 0.143. The Balaban J connectivity index is 1.91. The molecule has 0 spiro atoms. The van der Waals surface area contributed by atoms with E-state index in [0.29, 0.717) is 16.3 Å². The van der Waals surface area contributed by atoms with Gasteiger partial charge in [0.1, 0.15) is 6.61 Å². The van der Waals surface area contributed by atoms with Gasteiger partial charge in [-0.1, -0.05) is 48.0 Å². The third kappa shape index (κ3) is 3.06. The van der Waals surface area contributed by atoms with Gasteiger partial charge >= 0.3 is 5.97 Å². The predicted octanol–water partition coefficient (Wildman–Crippen LogP) is 4.86. The minimum atomic E-state index is -0.377. The molecule has 0 N–H and O–H groups in total. The van der Waals surface area contributed by atoms with Crippen molar-refractivity contribution in [2.45, 2.75) is 20.5 Å². The maximum atomic E-state index is 12.5. The first-order valence-electron chi connectivity index (χ1n) is 7.34. The van der Waals surface area contributed by atoms with E-state index in [1.165, 1.54) is 0 Å².